The van der Waals surface area contributed by atoms with Gasteiger partial charge < -0.3 is 21.3 Å². The molecule has 0 radical (unpaired) electrons. The Morgan fingerprint density at radius 1 is 1.23 bits per heavy atom. The van der Waals surface area contributed by atoms with E-state index in [9.17, 15) is 22.8 Å². The standard InChI is InChI=1S/C28H29F3N10O2/c1-16-13-19(3-4-20(16)26(42)36-17(2)27(43)39-9-5-18(33)6-10-39)37-24-25-35-14-22(41(25)12-8-34-24)21-15-40(11-7-32)38-23(21)28(29,30)31/h3-4,8,12-15,17-18H,5-6,9-11,33H2,1-2H3,(H,34,37)(H,36,42). The first-order valence-electron chi connectivity index (χ1n) is 13.5. The highest BCUT2D eigenvalue weighted by atomic mass is 19.4. The monoisotopic (exact) mass is 594 g/mol. The topological polar surface area (TPSA) is 159 Å². The fraction of sp³-hybridized carbons (Fsp3) is 0.357. The van der Waals surface area contributed by atoms with E-state index < -0.39 is 23.8 Å². The molecule has 5 rings (SSSR count). The van der Waals surface area contributed by atoms with Crippen LogP contribution in [0, 0.1) is 18.3 Å². The number of aryl methyl sites for hydroxylation is 1. The zero-order valence-electron chi connectivity index (χ0n) is 23.4. The molecule has 0 spiro atoms. The Hall–Kier alpha value is -4.97. The molecule has 1 unspecified atom stereocenters. The number of halogens is 3. The number of carbonyl (C=O) groups is 2. The van der Waals surface area contributed by atoms with Gasteiger partial charge in [0.25, 0.3) is 5.91 Å². The van der Waals surface area contributed by atoms with Gasteiger partial charge in [-0.05, 0) is 50.5 Å². The second kappa shape index (κ2) is 11.7. The quantitative estimate of drug-likeness (QED) is 0.294. The van der Waals surface area contributed by atoms with Crippen molar-refractivity contribution in [3.8, 4) is 17.3 Å². The number of nitrogens with zero attached hydrogens (tertiary/aromatic N) is 7. The number of nitriles is 1. The molecule has 1 aromatic carbocycles. The van der Waals surface area contributed by atoms with Crippen molar-refractivity contribution in [2.45, 2.75) is 51.5 Å². The summed E-state index contributed by atoms with van der Waals surface area (Å²) in [6.45, 7) is 4.18. The number of carbonyl (C=O) groups excluding carboxylic acids is 2. The molecule has 1 aliphatic rings. The molecule has 4 aromatic rings. The van der Waals surface area contributed by atoms with Crippen LogP contribution in [0.2, 0.25) is 0 Å². The van der Waals surface area contributed by atoms with Gasteiger partial charge in [-0.3, -0.25) is 18.7 Å². The lowest BCUT2D eigenvalue weighted by atomic mass is 10.0. The third-order valence-corrected chi connectivity index (χ3v) is 7.27. The zero-order valence-corrected chi connectivity index (χ0v) is 23.4. The number of alkyl halides is 3. The molecule has 0 saturated carbocycles. The van der Waals surface area contributed by atoms with Gasteiger partial charge in [0.15, 0.2) is 17.2 Å². The highest BCUT2D eigenvalue weighted by Gasteiger charge is 2.38. The Labute approximate surface area is 244 Å². The number of nitrogens with two attached hydrogens (primary N) is 1. The van der Waals surface area contributed by atoms with Gasteiger partial charge in [-0.15, -0.1) is 0 Å². The first-order valence-corrected chi connectivity index (χ1v) is 13.5. The largest absolute Gasteiger partial charge is 0.435 e. The lowest BCUT2D eigenvalue weighted by Gasteiger charge is -2.32. The molecular weight excluding hydrogens is 565 g/mol. The molecule has 1 fully saturated rings. The highest BCUT2D eigenvalue weighted by molar-refractivity contribution is 5.99. The van der Waals surface area contributed by atoms with Crippen LogP contribution in [0.15, 0.2) is 43.0 Å². The zero-order chi connectivity index (χ0) is 30.9. The number of hydrogen-bond acceptors (Lipinski definition) is 8. The van der Waals surface area contributed by atoms with E-state index in [2.05, 4.69) is 25.7 Å². The van der Waals surface area contributed by atoms with Crippen molar-refractivity contribution in [1.82, 2.24) is 34.4 Å². The van der Waals surface area contributed by atoms with Crippen molar-refractivity contribution < 1.29 is 22.8 Å². The average molecular weight is 595 g/mol. The van der Waals surface area contributed by atoms with Crippen LogP contribution in [0.25, 0.3) is 16.9 Å². The van der Waals surface area contributed by atoms with Crippen LogP contribution < -0.4 is 16.4 Å². The maximum atomic E-state index is 13.7. The summed E-state index contributed by atoms with van der Waals surface area (Å²) in [4.78, 5) is 36.1. The number of benzene rings is 1. The van der Waals surface area contributed by atoms with Gasteiger partial charge in [-0.2, -0.15) is 23.5 Å². The molecular formula is C28H29F3N10O2. The predicted octanol–water partition coefficient (Wildman–Crippen LogP) is 3.26. The summed E-state index contributed by atoms with van der Waals surface area (Å²) in [6, 6.07) is 6.15. The van der Waals surface area contributed by atoms with Crippen LogP contribution >= 0.6 is 0 Å². The van der Waals surface area contributed by atoms with Gasteiger partial charge in [0.1, 0.15) is 12.6 Å². The molecule has 1 aliphatic heterocycles. The van der Waals surface area contributed by atoms with E-state index in [1.54, 1.807) is 43.0 Å². The molecule has 4 N–H and O–H groups in total. The van der Waals surface area contributed by atoms with E-state index in [1.807, 2.05) is 0 Å². The Bertz CT molecular complexity index is 1710. The molecule has 0 bridgehead atoms. The smallest absolute Gasteiger partial charge is 0.341 e. The van der Waals surface area contributed by atoms with Crippen LogP contribution in [-0.4, -0.2) is 66.0 Å². The number of imidazole rings is 1. The molecule has 2 amide bonds. The van der Waals surface area contributed by atoms with Crippen LogP contribution in [0.4, 0.5) is 24.7 Å². The van der Waals surface area contributed by atoms with Crippen molar-refractivity contribution >= 4 is 29.0 Å². The first-order chi connectivity index (χ1) is 20.5. The lowest BCUT2D eigenvalue weighted by Crippen LogP contribution is -2.51. The number of hydrogen-bond donors (Lipinski definition) is 3. The summed E-state index contributed by atoms with van der Waals surface area (Å²) in [5.41, 5.74) is 6.51. The molecule has 12 nitrogen and oxygen atoms in total. The summed E-state index contributed by atoms with van der Waals surface area (Å²) in [7, 11) is 0. The lowest BCUT2D eigenvalue weighted by molar-refractivity contribution is -0.141. The first kappa shape index (κ1) is 29.5. The fourth-order valence-corrected chi connectivity index (χ4v) is 5.04. The minimum absolute atomic E-state index is 0.0870. The van der Waals surface area contributed by atoms with Gasteiger partial charge in [-0.1, -0.05) is 0 Å². The number of piperidine rings is 1. The third kappa shape index (κ3) is 6.14. The van der Waals surface area contributed by atoms with Crippen LogP contribution in [0.3, 0.4) is 0 Å². The second-order valence-corrected chi connectivity index (χ2v) is 10.4. The van der Waals surface area contributed by atoms with Crippen molar-refractivity contribution in [1.29, 1.82) is 5.26 Å². The summed E-state index contributed by atoms with van der Waals surface area (Å²) in [5, 5.41) is 18.3. The number of likely N-dealkylation sites (tertiary alicyclic amines) is 1. The van der Waals surface area contributed by atoms with Crippen LogP contribution in [0.1, 0.15) is 41.4 Å². The normalized spacial score (nSPS) is 14.9. The van der Waals surface area contributed by atoms with Crippen molar-refractivity contribution in [3.05, 3.63) is 59.8 Å². The number of amides is 2. The molecule has 15 heteroatoms. The highest BCUT2D eigenvalue weighted by Crippen LogP contribution is 2.37. The summed E-state index contributed by atoms with van der Waals surface area (Å²) >= 11 is 0. The summed E-state index contributed by atoms with van der Waals surface area (Å²) < 4.78 is 43.6. The number of anilines is 2. The van der Waals surface area contributed by atoms with Crippen LogP contribution in [-0.2, 0) is 17.5 Å². The maximum absolute atomic E-state index is 13.7. The predicted molar refractivity (Wildman–Crippen MR) is 150 cm³/mol. The second-order valence-electron chi connectivity index (χ2n) is 10.4. The molecule has 0 aliphatic carbocycles. The van der Waals surface area contributed by atoms with Gasteiger partial charge in [0, 0.05) is 49.0 Å². The van der Waals surface area contributed by atoms with Crippen molar-refractivity contribution in [2.75, 3.05) is 18.4 Å². The minimum Gasteiger partial charge on any atom is -0.341 e. The number of fused-ring (bicyclic) bond motifs is 1. The van der Waals surface area contributed by atoms with E-state index in [4.69, 9.17) is 11.0 Å². The van der Waals surface area contributed by atoms with E-state index in [0.717, 1.165) is 23.7 Å². The maximum Gasteiger partial charge on any atom is 0.435 e. The van der Waals surface area contributed by atoms with E-state index in [0.29, 0.717) is 29.9 Å². The summed E-state index contributed by atoms with van der Waals surface area (Å²) in [6.07, 6.45) is 2.04. The van der Waals surface area contributed by atoms with Gasteiger partial charge in [0.05, 0.1) is 23.5 Å². The fourth-order valence-electron chi connectivity index (χ4n) is 5.04. The number of aromatic nitrogens is 5. The molecule has 1 atom stereocenters. The number of rotatable bonds is 7. The third-order valence-electron chi connectivity index (χ3n) is 7.27. The molecule has 1 saturated heterocycles. The van der Waals surface area contributed by atoms with Crippen LogP contribution in [0.5, 0.6) is 0 Å². The van der Waals surface area contributed by atoms with Gasteiger partial charge in [0.2, 0.25) is 5.91 Å². The SMILES string of the molecule is Cc1cc(Nc2nccn3c(-c4cn(CC#N)nc4C(F)(F)F)cnc23)ccc1C(=O)NC(C)C(=O)N1CCC(N)CC1. The Morgan fingerprint density at radius 2 is 1.98 bits per heavy atom. The Balaban J connectivity index is 1.34. The van der Waals surface area contributed by atoms with E-state index >= 15 is 0 Å². The summed E-state index contributed by atoms with van der Waals surface area (Å²) in [5.74, 6) is -0.285. The molecule has 43 heavy (non-hydrogen) atoms. The Morgan fingerprint density at radius 3 is 2.65 bits per heavy atom. The van der Waals surface area contributed by atoms with Crippen molar-refractivity contribution in [2.24, 2.45) is 5.73 Å². The minimum atomic E-state index is -4.74. The average Bonchev–Trinajstić information content (AvgIpc) is 3.58. The van der Waals surface area contributed by atoms with E-state index in [1.165, 1.54) is 23.0 Å². The number of nitrogens with one attached hydrogen (secondary N) is 2. The van der Waals surface area contributed by atoms with Gasteiger partial charge >= 0.3 is 6.18 Å². The molecule has 224 valence electrons. The Kier molecular flexibility index (Phi) is 8.05. The van der Waals surface area contributed by atoms with E-state index in [-0.39, 0.29) is 41.2 Å². The molecule has 4 heterocycles. The van der Waals surface area contributed by atoms with Gasteiger partial charge in [-0.25, -0.2) is 9.97 Å². The van der Waals surface area contributed by atoms with Crippen molar-refractivity contribution in [3.63, 3.8) is 0 Å². The molecule has 3 aromatic heterocycles.